The average Bonchev–Trinajstić information content (AvgIpc) is 2.69. The monoisotopic (exact) mass is 382 g/mol. The van der Waals surface area contributed by atoms with E-state index < -0.39 is 4.92 Å². The van der Waals surface area contributed by atoms with Gasteiger partial charge in [-0.2, -0.15) is 0 Å². The molecule has 0 spiro atoms. The Morgan fingerprint density at radius 2 is 1.41 bits per heavy atom. The van der Waals surface area contributed by atoms with Gasteiger partial charge in [-0.15, -0.1) is 0 Å². The first kappa shape index (κ1) is 20.4. The zero-order valence-electron chi connectivity index (χ0n) is 14.8. The van der Waals surface area contributed by atoms with Crippen molar-refractivity contribution in [1.29, 1.82) is 0 Å². The van der Waals surface area contributed by atoms with Gasteiger partial charge in [0.05, 0.1) is 4.92 Å². The number of nitrogens with one attached hydrogen (secondary N) is 2. The van der Waals surface area contributed by atoms with Crippen molar-refractivity contribution in [2.75, 3.05) is 18.4 Å². The Labute approximate surface area is 165 Å². The fourth-order valence-corrected chi connectivity index (χ4v) is 2.67. The second-order valence-electron chi connectivity index (χ2n) is 5.97. The number of benzene rings is 3. The fourth-order valence-electron chi connectivity index (χ4n) is 2.67. The molecule has 0 aromatic heterocycles. The Bertz CT molecular complexity index is 838. The summed E-state index contributed by atoms with van der Waals surface area (Å²) in [6, 6.07) is 25.3. The molecule has 3 aromatic rings. The zero-order valence-corrected chi connectivity index (χ0v) is 15.5. The minimum atomic E-state index is -0.394. The van der Waals surface area contributed by atoms with Crippen LogP contribution in [0.3, 0.4) is 0 Å². The van der Waals surface area contributed by atoms with Gasteiger partial charge < -0.3 is 23.0 Å². The largest absolute Gasteiger partial charge is 1.00 e. The van der Waals surface area contributed by atoms with E-state index in [1.54, 1.807) is 12.1 Å². The summed E-state index contributed by atoms with van der Waals surface area (Å²) in [6.07, 6.45) is 0. The van der Waals surface area contributed by atoms with Crippen molar-refractivity contribution in [3.63, 3.8) is 0 Å². The third-order valence-electron chi connectivity index (χ3n) is 4.10. The molecule has 0 aliphatic heterocycles. The van der Waals surface area contributed by atoms with E-state index in [4.69, 9.17) is 0 Å². The molecule has 3 aromatic carbocycles. The number of non-ortho nitro benzene ring substituents is 1. The van der Waals surface area contributed by atoms with Crippen LogP contribution in [0.15, 0.2) is 78.9 Å². The topological polar surface area (TPSA) is 67.2 Å². The van der Waals surface area contributed by atoms with E-state index in [1.165, 1.54) is 28.8 Å². The summed E-state index contributed by atoms with van der Waals surface area (Å²) >= 11 is 0. The molecule has 3 rings (SSSR count). The summed E-state index contributed by atoms with van der Waals surface area (Å²) in [4.78, 5) is 10.2. The number of hydrogen-bond donors (Lipinski definition) is 2. The summed E-state index contributed by atoms with van der Waals surface area (Å²) in [7, 11) is 0. The van der Waals surface area contributed by atoms with Crippen LogP contribution in [0.25, 0.3) is 11.1 Å². The van der Waals surface area contributed by atoms with Crippen molar-refractivity contribution >= 4 is 11.4 Å². The standard InChI is InChI=1S/C21H21N3O2.ClH/c25-24(26)21-12-10-20(11-13-21)23-15-14-22-16-17-6-8-19(9-7-17)18-4-2-1-3-5-18;/h1-13,22-23H,14-16H2;1H/p-1. The Hall–Kier alpha value is -2.89. The Balaban J connectivity index is 0.00000261. The normalized spacial score (nSPS) is 10.1. The summed E-state index contributed by atoms with van der Waals surface area (Å²) in [6.45, 7) is 2.36. The van der Waals surface area contributed by atoms with Crippen LogP contribution < -0.4 is 23.0 Å². The molecule has 0 atom stereocenters. The van der Waals surface area contributed by atoms with Crippen LogP contribution in [0.1, 0.15) is 5.56 Å². The van der Waals surface area contributed by atoms with Gasteiger partial charge in [0, 0.05) is 37.5 Å². The maximum atomic E-state index is 10.6. The van der Waals surface area contributed by atoms with Gasteiger partial charge in [0.15, 0.2) is 0 Å². The predicted molar refractivity (Wildman–Crippen MR) is 105 cm³/mol. The molecule has 0 amide bonds. The molecular weight excluding hydrogens is 362 g/mol. The number of nitrogens with zero attached hydrogens (tertiary/aromatic N) is 1. The van der Waals surface area contributed by atoms with Gasteiger partial charge in [-0.3, -0.25) is 10.1 Å². The van der Waals surface area contributed by atoms with Crippen molar-refractivity contribution in [3.05, 3.63) is 94.5 Å². The van der Waals surface area contributed by atoms with Crippen LogP contribution in [0, 0.1) is 10.1 Å². The van der Waals surface area contributed by atoms with Gasteiger partial charge >= 0.3 is 0 Å². The lowest BCUT2D eigenvalue weighted by molar-refractivity contribution is -0.384. The molecule has 0 aliphatic carbocycles. The molecule has 0 fully saturated rings. The summed E-state index contributed by atoms with van der Waals surface area (Å²) < 4.78 is 0. The van der Waals surface area contributed by atoms with Crippen molar-refractivity contribution in [1.82, 2.24) is 5.32 Å². The molecule has 0 saturated carbocycles. The van der Waals surface area contributed by atoms with Gasteiger partial charge in [-0.1, -0.05) is 54.6 Å². The smallest absolute Gasteiger partial charge is 0.269 e. The van der Waals surface area contributed by atoms with E-state index in [1.807, 2.05) is 18.2 Å². The van der Waals surface area contributed by atoms with E-state index in [0.29, 0.717) is 0 Å². The lowest BCUT2D eigenvalue weighted by atomic mass is 10.0. The third kappa shape index (κ3) is 6.09. The number of nitro groups is 1. The molecule has 140 valence electrons. The van der Waals surface area contributed by atoms with Crippen LogP contribution in [-0.2, 0) is 6.54 Å². The second kappa shape index (κ2) is 10.3. The Morgan fingerprint density at radius 3 is 2.04 bits per heavy atom. The predicted octanol–water partition coefficient (Wildman–Crippen LogP) is 1.47. The first-order valence-electron chi connectivity index (χ1n) is 8.56. The molecule has 0 unspecified atom stereocenters. The quantitative estimate of drug-likeness (QED) is 0.352. The fraction of sp³-hybridized carbons (Fsp3) is 0.143. The van der Waals surface area contributed by atoms with Gasteiger partial charge in [0.1, 0.15) is 0 Å². The van der Waals surface area contributed by atoms with Crippen LogP contribution in [-0.4, -0.2) is 18.0 Å². The van der Waals surface area contributed by atoms with Crippen molar-refractivity contribution in [2.45, 2.75) is 6.54 Å². The van der Waals surface area contributed by atoms with Gasteiger partial charge in [0.25, 0.3) is 5.69 Å². The highest BCUT2D eigenvalue weighted by Crippen LogP contribution is 2.19. The molecule has 0 heterocycles. The van der Waals surface area contributed by atoms with Gasteiger partial charge in [0.2, 0.25) is 0 Å². The molecule has 2 N–H and O–H groups in total. The number of nitro benzene ring substituents is 1. The molecule has 0 bridgehead atoms. The van der Waals surface area contributed by atoms with E-state index in [0.717, 1.165) is 25.3 Å². The van der Waals surface area contributed by atoms with E-state index in [2.05, 4.69) is 47.0 Å². The molecule has 5 nitrogen and oxygen atoms in total. The number of hydrogen-bond acceptors (Lipinski definition) is 4. The van der Waals surface area contributed by atoms with Crippen molar-refractivity contribution in [2.24, 2.45) is 0 Å². The third-order valence-corrected chi connectivity index (χ3v) is 4.10. The highest BCUT2D eigenvalue weighted by molar-refractivity contribution is 5.63. The van der Waals surface area contributed by atoms with Crippen LogP contribution in [0.4, 0.5) is 11.4 Å². The minimum absolute atomic E-state index is 0. The summed E-state index contributed by atoms with van der Waals surface area (Å²) in [5.41, 5.74) is 4.66. The number of halogens is 1. The first-order valence-corrected chi connectivity index (χ1v) is 8.56. The Kier molecular flexibility index (Phi) is 7.79. The summed E-state index contributed by atoms with van der Waals surface area (Å²) in [5.74, 6) is 0. The molecule has 6 heteroatoms. The van der Waals surface area contributed by atoms with Gasteiger partial charge in [-0.25, -0.2) is 0 Å². The number of anilines is 1. The molecule has 27 heavy (non-hydrogen) atoms. The van der Waals surface area contributed by atoms with Crippen molar-refractivity contribution < 1.29 is 17.3 Å². The molecular formula is C21H21ClN3O2-. The van der Waals surface area contributed by atoms with Gasteiger partial charge in [-0.05, 0) is 28.8 Å². The maximum Gasteiger partial charge on any atom is 0.269 e. The number of rotatable bonds is 8. The van der Waals surface area contributed by atoms with Crippen molar-refractivity contribution in [3.8, 4) is 11.1 Å². The lowest BCUT2D eigenvalue weighted by Gasteiger charge is -2.08. The highest BCUT2D eigenvalue weighted by atomic mass is 35.5. The van der Waals surface area contributed by atoms with E-state index in [9.17, 15) is 10.1 Å². The average molecular weight is 383 g/mol. The maximum absolute atomic E-state index is 10.6. The van der Waals surface area contributed by atoms with Crippen LogP contribution in [0.2, 0.25) is 0 Å². The zero-order chi connectivity index (χ0) is 18.2. The first-order chi connectivity index (χ1) is 12.7. The molecule has 0 aliphatic rings. The van der Waals surface area contributed by atoms with Crippen LogP contribution >= 0.6 is 0 Å². The van der Waals surface area contributed by atoms with Crippen LogP contribution in [0.5, 0.6) is 0 Å². The lowest BCUT2D eigenvalue weighted by Crippen LogP contribution is -3.00. The van der Waals surface area contributed by atoms with E-state index in [-0.39, 0.29) is 18.1 Å². The minimum Gasteiger partial charge on any atom is -1.00 e. The van der Waals surface area contributed by atoms with E-state index >= 15 is 0 Å². The highest BCUT2D eigenvalue weighted by Gasteiger charge is 2.03. The second-order valence-corrected chi connectivity index (χ2v) is 5.97. The Morgan fingerprint density at radius 1 is 0.778 bits per heavy atom. The SMILES string of the molecule is O=[N+]([O-])c1ccc(NCCNCc2ccc(-c3ccccc3)cc2)cc1.[Cl-]. The molecule has 0 saturated heterocycles. The summed E-state index contributed by atoms with van der Waals surface area (Å²) in [5, 5.41) is 17.3. The molecule has 0 radical (unpaired) electrons.